The largest absolute Gasteiger partial charge is 0.358 e. The molecule has 2 amide bonds. The van der Waals surface area contributed by atoms with E-state index in [1.54, 1.807) is 0 Å². The van der Waals surface area contributed by atoms with Crippen molar-refractivity contribution in [3.05, 3.63) is 75.5 Å². The molecule has 0 unspecified atom stereocenters. The topological polar surface area (TPSA) is 77.2 Å². The van der Waals surface area contributed by atoms with Crippen molar-refractivity contribution in [1.82, 2.24) is 15.2 Å². The molecule has 3 N–H and O–H groups in total. The standard InChI is InChI=1S/C27H29BrN4O2/c1-4-32(5-2)14-13-29-27(34)24-17(3)30-23(25(24)18-9-7-6-8-10-18)16-21-20-15-19(28)11-12-22(20)31-26(21)33/h6-12,15-16,30H,4-5,13-14H2,1-3H3,(H,29,34)(H,31,33)/b21-16-. The van der Waals surface area contributed by atoms with Gasteiger partial charge in [-0.3, -0.25) is 9.59 Å². The predicted molar refractivity (Wildman–Crippen MR) is 142 cm³/mol. The van der Waals surface area contributed by atoms with Crippen molar-refractivity contribution in [1.29, 1.82) is 0 Å². The quantitative estimate of drug-likeness (QED) is 0.352. The van der Waals surface area contributed by atoms with Crippen LogP contribution in [-0.2, 0) is 4.79 Å². The van der Waals surface area contributed by atoms with E-state index < -0.39 is 0 Å². The number of benzene rings is 2. The zero-order chi connectivity index (χ0) is 24.2. The average molecular weight is 521 g/mol. The number of carbonyl (C=O) groups is 2. The summed E-state index contributed by atoms with van der Waals surface area (Å²) in [5.74, 6) is -0.284. The molecule has 7 heteroatoms. The van der Waals surface area contributed by atoms with Gasteiger partial charge in [-0.2, -0.15) is 0 Å². The van der Waals surface area contributed by atoms with Gasteiger partial charge in [-0.05, 0) is 49.9 Å². The van der Waals surface area contributed by atoms with Gasteiger partial charge in [0.05, 0.1) is 11.1 Å². The Morgan fingerprint density at radius 2 is 1.85 bits per heavy atom. The van der Waals surface area contributed by atoms with Gasteiger partial charge in [-0.1, -0.05) is 60.1 Å². The second kappa shape index (κ2) is 10.4. The molecular weight excluding hydrogens is 492 g/mol. The first-order chi connectivity index (χ1) is 16.4. The van der Waals surface area contributed by atoms with E-state index in [4.69, 9.17) is 0 Å². The summed E-state index contributed by atoms with van der Waals surface area (Å²) in [4.78, 5) is 31.7. The molecule has 2 heterocycles. The van der Waals surface area contributed by atoms with E-state index >= 15 is 0 Å². The number of rotatable bonds is 8. The van der Waals surface area contributed by atoms with Gasteiger partial charge in [-0.25, -0.2) is 0 Å². The Balaban J connectivity index is 1.75. The molecule has 0 aliphatic carbocycles. The van der Waals surface area contributed by atoms with Gasteiger partial charge >= 0.3 is 0 Å². The van der Waals surface area contributed by atoms with E-state index in [1.807, 2.05) is 61.5 Å². The lowest BCUT2D eigenvalue weighted by Crippen LogP contribution is -2.35. The van der Waals surface area contributed by atoms with Crippen LogP contribution in [0.2, 0.25) is 0 Å². The SMILES string of the molecule is CCN(CC)CCNC(=O)c1c(C)[nH]c(/C=C2\C(=O)Nc3ccc(Br)cc32)c1-c1ccccc1. The minimum atomic E-state index is -0.162. The highest BCUT2D eigenvalue weighted by Gasteiger charge is 2.27. The van der Waals surface area contributed by atoms with Crippen LogP contribution in [0.5, 0.6) is 0 Å². The Hall–Kier alpha value is -3.16. The molecule has 3 aromatic rings. The maximum absolute atomic E-state index is 13.3. The second-order valence-electron chi connectivity index (χ2n) is 8.26. The number of halogens is 1. The maximum Gasteiger partial charge on any atom is 0.256 e. The Morgan fingerprint density at radius 1 is 1.12 bits per heavy atom. The number of likely N-dealkylation sites (N-methyl/N-ethyl adjacent to an activating group) is 1. The predicted octanol–water partition coefficient (Wildman–Crippen LogP) is 5.32. The number of fused-ring (bicyclic) bond motifs is 1. The summed E-state index contributed by atoms with van der Waals surface area (Å²) in [5, 5.41) is 6.00. The lowest BCUT2D eigenvalue weighted by Gasteiger charge is -2.18. The van der Waals surface area contributed by atoms with Crippen molar-refractivity contribution in [2.75, 3.05) is 31.5 Å². The van der Waals surface area contributed by atoms with Crippen LogP contribution in [0, 0.1) is 6.92 Å². The molecule has 0 saturated carbocycles. The van der Waals surface area contributed by atoms with Crippen LogP contribution < -0.4 is 10.6 Å². The van der Waals surface area contributed by atoms with Crippen LogP contribution in [0.25, 0.3) is 22.8 Å². The molecule has 34 heavy (non-hydrogen) atoms. The number of H-pyrrole nitrogens is 1. The molecule has 0 fully saturated rings. The minimum Gasteiger partial charge on any atom is -0.358 e. The van der Waals surface area contributed by atoms with E-state index in [-0.39, 0.29) is 11.8 Å². The monoisotopic (exact) mass is 520 g/mol. The van der Waals surface area contributed by atoms with Crippen molar-refractivity contribution in [2.45, 2.75) is 20.8 Å². The van der Waals surface area contributed by atoms with Crippen LogP contribution >= 0.6 is 15.9 Å². The van der Waals surface area contributed by atoms with Crippen molar-refractivity contribution < 1.29 is 9.59 Å². The van der Waals surface area contributed by atoms with Gasteiger partial charge in [0.15, 0.2) is 0 Å². The number of nitrogens with one attached hydrogen (secondary N) is 3. The highest BCUT2D eigenvalue weighted by molar-refractivity contribution is 9.10. The number of aromatic amines is 1. The number of anilines is 1. The Bertz CT molecular complexity index is 1240. The van der Waals surface area contributed by atoms with Crippen LogP contribution in [0.3, 0.4) is 0 Å². The Labute approximate surface area is 208 Å². The summed E-state index contributed by atoms with van der Waals surface area (Å²) in [5.41, 5.74) is 5.97. The molecule has 0 spiro atoms. The number of aromatic nitrogens is 1. The third-order valence-electron chi connectivity index (χ3n) is 6.17. The highest BCUT2D eigenvalue weighted by Crippen LogP contribution is 2.38. The van der Waals surface area contributed by atoms with Gasteiger partial charge < -0.3 is 20.5 Å². The molecule has 6 nitrogen and oxygen atoms in total. The first kappa shape index (κ1) is 24.0. The molecule has 1 aliphatic rings. The number of hydrogen-bond acceptors (Lipinski definition) is 3. The van der Waals surface area contributed by atoms with E-state index in [0.717, 1.165) is 57.9 Å². The molecule has 176 valence electrons. The maximum atomic E-state index is 13.3. The van der Waals surface area contributed by atoms with Crippen LogP contribution in [0.15, 0.2) is 53.0 Å². The Morgan fingerprint density at radius 3 is 2.56 bits per heavy atom. The lowest BCUT2D eigenvalue weighted by atomic mass is 9.97. The van der Waals surface area contributed by atoms with Crippen molar-refractivity contribution in [3.63, 3.8) is 0 Å². The number of carbonyl (C=O) groups excluding carboxylic acids is 2. The van der Waals surface area contributed by atoms with Gasteiger partial charge in [0, 0.05) is 45.8 Å². The number of hydrogen-bond donors (Lipinski definition) is 3. The number of aryl methyl sites for hydroxylation is 1. The third kappa shape index (κ3) is 4.86. The van der Waals surface area contributed by atoms with Gasteiger partial charge in [0.25, 0.3) is 11.8 Å². The molecular formula is C27H29BrN4O2. The summed E-state index contributed by atoms with van der Waals surface area (Å²) >= 11 is 3.50. The molecule has 1 aliphatic heterocycles. The molecule has 4 rings (SSSR count). The summed E-state index contributed by atoms with van der Waals surface area (Å²) in [6.45, 7) is 9.39. The average Bonchev–Trinajstić information content (AvgIpc) is 3.33. The Kier molecular flexibility index (Phi) is 7.34. The fraction of sp³-hybridized carbons (Fsp3) is 0.259. The lowest BCUT2D eigenvalue weighted by molar-refractivity contribution is -0.110. The molecule has 2 aromatic carbocycles. The third-order valence-corrected chi connectivity index (χ3v) is 6.66. The number of nitrogens with zero attached hydrogens (tertiary/aromatic N) is 1. The van der Waals surface area contributed by atoms with Gasteiger partial charge in [0.1, 0.15) is 0 Å². The first-order valence-corrected chi connectivity index (χ1v) is 12.3. The zero-order valence-electron chi connectivity index (χ0n) is 19.7. The van der Waals surface area contributed by atoms with E-state index in [0.29, 0.717) is 17.7 Å². The molecule has 0 radical (unpaired) electrons. The molecule has 0 bridgehead atoms. The molecule has 0 atom stereocenters. The summed E-state index contributed by atoms with van der Waals surface area (Å²) < 4.78 is 0.896. The molecule has 0 saturated heterocycles. The van der Waals surface area contributed by atoms with Crippen LogP contribution in [0.1, 0.15) is 41.2 Å². The second-order valence-corrected chi connectivity index (χ2v) is 9.18. The van der Waals surface area contributed by atoms with Gasteiger partial charge in [-0.15, -0.1) is 0 Å². The van der Waals surface area contributed by atoms with Crippen molar-refractivity contribution in [2.24, 2.45) is 0 Å². The van der Waals surface area contributed by atoms with E-state index in [2.05, 4.69) is 50.3 Å². The summed E-state index contributed by atoms with van der Waals surface area (Å²) in [6, 6.07) is 15.5. The normalized spacial score (nSPS) is 13.9. The zero-order valence-corrected chi connectivity index (χ0v) is 21.3. The highest BCUT2D eigenvalue weighted by atomic mass is 79.9. The van der Waals surface area contributed by atoms with Crippen LogP contribution in [0.4, 0.5) is 5.69 Å². The summed E-state index contributed by atoms with van der Waals surface area (Å²) in [6.07, 6.45) is 1.84. The van der Waals surface area contributed by atoms with E-state index in [1.165, 1.54) is 0 Å². The minimum absolute atomic E-state index is 0.122. The summed E-state index contributed by atoms with van der Waals surface area (Å²) in [7, 11) is 0. The van der Waals surface area contributed by atoms with Gasteiger partial charge in [0.2, 0.25) is 0 Å². The smallest absolute Gasteiger partial charge is 0.256 e. The van der Waals surface area contributed by atoms with Crippen molar-refractivity contribution in [3.8, 4) is 11.1 Å². The van der Waals surface area contributed by atoms with E-state index in [9.17, 15) is 9.59 Å². The van der Waals surface area contributed by atoms with Crippen LogP contribution in [-0.4, -0.2) is 47.9 Å². The fourth-order valence-electron chi connectivity index (χ4n) is 4.35. The van der Waals surface area contributed by atoms with Crippen molar-refractivity contribution >= 4 is 45.1 Å². The molecule has 1 aromatic heterocycles. The number of amides is 2. The fourth-order valence-corrected chi connectivity index (χ4v) is 4.71. The first-order valence-electron chi connectivity index (χ1n) is 11.5.